The standard InChI is InChI=1S/C7H9N3O2.C2H6/c11-7(12)10-3-1-2-5-6(10)4-8-9-5;1-2/h4H,1-3H2,(H,8,9)(H,11,12);1-2H3. The van der Waals surface area contributed by atoms with Crippen LogP contribution < -0.4 is 4.90 Å². The van der Waals surface area contributed by atoms with Gasteiger partial charge in [-0.1, -0.05) is 13.8 Å². The summed E-state index contributed by atoms with van der Waals surface area (Å²) in [6, 6.07) is 0. The van der Waals surface area contributed by atoms with E-state index in [0.29, 0.717) is 12.2 Å². The van der Waals surface area contributed by atoms with Crippen LogP contribution in [0.5, 0.6) is 0 Å². The van der Waals surface area contributed by atoms with E-state index in [9.17, 15) is 4.79 Å². The molecular formula is C9H15N3O2. The number of fused-ring (bicyclic) bond motifs is 1. The molecule has 0 spiro atoms. The van der Waals surface area contributed by atoms with Crippen LogP contribution in [0.3, 0.4) is 0 Å². The van der Waals surface area contributed by atoms with E-state index >= 15 is 0 Å². The van der Waals surface area contributed by atoms with Crippen molar-refractivity contribution >= 4 is 11.8 Å². The average molecular weight is 197 g/mol. The molecule has 1 amide bonds. The summed E-state index contributed by atoms with van der Waals surface area (Å²) in [6.45, 7) is 4.57. The molecule has 0 radical (unpaired) electrons. The Balaban J connectivity index is 0.000000461. The fourth-order valence-electron chi connectivity index (χ4n) is 1.46. The molecule has 1 aromatic rings. The number of aryl methyl sites for hydroxylation is 1. The van der Waals surface area contributed by atoms with Gasteiger partial charge in [0, 0.05) is 6.54 Å². The van der Waals surface area contributed by atoms with Gasteiger partial charge in [0.25, 0.3) is 0 Å². The summed E-state index contributed by atoms with van der Waals surface area (Å²) >= 11 is 0. The number of amides is 1. The molecule has 0 saturated carbocycles. The molecule has 0 aliphatic carbocycles. The van der Waals surface area contributed by atoms with Gasteiger partial charge in [-0.15, -0.1) is 0 Å². The normalized spacial score (nSPS) is 14.0. The summed E-state index contributed by atoms with van der Waals surface area (Å²) in [6.07, 6.45) is 2.40. The van der Waals surface area contributed by atoms with Crippen LogP contribution in [0.1, 0.15) is 26.0 Å². The highest BCUT2D eigenvalue weighted by Gasteiger charge is 2.22. The lowest BCUT2D eigenvalue weighted by molar-refractivity contribution is 0.201. The molecule has 0 aromatic carbocycles. The number of aromatic nitrogens is 2. The number of rotatable bonds is 0. The Bertz CT molecular complexity index is 309. The molecule has 2 heterocycles. The molecule has 2 N–H and O–H groups in total. The minimum atomic E-state index is -0.905. The van der Waals surface area contributed by atoms with Crippen molar-refractivity contribution in [1.82, 2.24) is 10.2 Å². The lowest BCUT2D eigenvalue weighted by atomic mass is 10.1. The zero-order valence-electron chi connectivity index (χ0n) is 8.45. The molecule has 0 saturated heterocycles. The third-order valence-electron chi connectivity index (χ3n) is 2.03. The van der Waals surface area contributed by atoms with Gasteiger partial charge in [-0.3, -0.25) is 10.00 Å². The molecule has 0 fully saturated rings. The average Bonchev–Trinajstić information content (AvgIpc) is 2.67. The summed E-state index contributed by atoms with van der Waals surface area (Å²) in [5, 5.41) is 15.4. The lowest BCUT2D eigenvalue weighted by Gasteiger charge is -2.22. The first-order valence-corrected chi connectivity index (χ1v) is 4.82. The smallest absolute Gasteiger partial charge is 0.411 e. The Morgan fingerprint density at radius 3 is 3.00 bits per heavy atom. The van der Waals surface area contributed by atoms with E-state index in [1.165, 1.54) is 4.90 Å². The number of aromatic amines is 1. The van der Waals surface area contributed by atoms with Crippen molar-refractivity contribution in [3.05, 3.63) is 11.9 Å². The van der Waals surface area contributed by atoms with Crippen molar-refractivity contribution in [2.45, 2.75) is 26.7 Å². The van der Waals surface area contributed by atoms with Crippen LogP contribution in [0.15, 0.2) is 6.20 Å². The van der Waals surface area contributed by atoms with Crippen molar-refractivity contribution in [1.29, 1.82) is 0 Å². The van der Waals surface area contributed by atoms with Gasteiger partial charge in [0.15, 0.2) is 0 Å². The predicted octanol–water partition coefficient (Wildman–Crippen LogP) is 1.87. The van der Waals surface area contributed by atoms with Crippen molar-refractivity contribution < 1.29 is 9.90 Å². The molecule has 1 aliphatic heterocycles. The Morgan fingerprint density at radius 1 is 1.64 bits per heavy atom. The number of nitrogens with zero attached hydrogens (tertiary/aromatic N) is 2. The number of hydrogen-bond donors (Lipinski definition) is 2. The van der Waals surface area contributed by atoms with Gasteiger partial charge in [0.2, 0.25) is 0 Å². The van der Waals surface area contributed by atoms with E-state index in [-0.39, 0.29) is 0 Å². The van der Waals surface area contributed by atoms with Gasteiger partial charge in [-0.05, 0) is 12.8 Å². The second kappa shape index (κ2) is 4.64. The van der Waals surface area contributed by atoms with Crippen LogP contribution in [0.25, 0.3) is 0 Å². The second-order valence-corrected chi connectivity index (χ2v) is 2.77. The number of anilines is 1. The maximum absolute atomic E-state index is 10.7. The lowest BCUT2D eigenvalue weighted by Crippen LogP contribution is -2.33. The Morgan fingerprint density at radius 2 is 2.36 bits per heavy atom. The third kappa shape index (κ3) is 1.86. The molecule has 78 valence electrons. The second-order valence-electron chi connectivity index (χ2n) is 2.77. The third-order valence-corrected chi connectivity index (χ3v) is 2.03. The first-order chi connectivity index (χ1) is 6.79. The SMILES string of the molecule is CC.O=C(O)N1CCCc2[nH]ncc21. The summed E-state index contributed by atoms with van der Waals surface area (Å²) in [4.78, 5) is 12.0. The van der Waals surface area contributed by atoms with Crippen molar-refractivity contribution in [2.24, 2.45) is 0 Å². The highest BCUT2D eigenvalue weighted by molar-refractivity contribution is 5.87. The van der Waals surface area contributed by atoms with E-state index in [4.69, 9.17) is 5.11 Å². The number of hydrogen-bond acceptors (Lipinski definition) is 2. The Labute approximate surface area is 82.7 Å². The fourth-order valence-corrected chi connectivity index (χ4v) is 1.46. The van der Waals surface area contributed by atoms with E-state index < -0.39 is 6.09 Å². The molecule has 5 nitrogen and oxygen atoms in total. The molecule has 5 heteroatoms. The number of carboxylic acid groups (broad SMARTS) is 1. The molecule has 0 unspecified atom stereocenters. The largest absolute Gasteiger partial charge is 0.465 e. The van der Waals surface area contributed by atoms with Crippen molar-refractivity contribution in [3.8, 4) is 0 Å². The van der Waals surface area contributed by atoms with Gasteiger partial charge >= 0.3 is 6.09 Å². The number of carbonyl (C=O) groups is 1. The Hall–Kier alpha value is -1.52. The van der Waals surface area contributed by atoms with Gasteiger partial charge in [-0.25, -0.2) is 4.79 Å². The molecule has 1 aromatic heterocycles. The highest BCUT2D eigenvalue weighted by Crippen LogP contribution is 2.24. The van der Waals surface area contributed by atoms with E-state index in [2.05, 4.69) is 10.2 Å². The topological polar surface area (TPSA) is 69.2 Å². The van der Waals surface area contributed by atoms with E-state index in [0.717, 1.165) is 18.5 Å². The quantitative estimate of drug-likeness (QED) is 0.667. The maximum atomic E-state index is 10.7. The summed E-state index contributed by atoms with van der Waals surface area (Å²) in [5.74, 6) is 0. The first kappa shape index (κ1) is 10.6. The fraction of sp³-hybridized carbons (Fsp3) is 0.556. The van der Waals surface area contributed by atoms with Crippen LogP contribution >= 0.6 is 0 Å². The maximum Gasteiger partial charge on any atom is 0.411 e. The predicted molar refractivity (Wildman–Crippen MR) is 53.6 cm³/mol. The monoisotopic (exact) mass is 197 g/mol. The number of H-pyrrole nitrogens is 1. The van der Waals surface area contributed by atoms with Crippen LogP contribution in [0.2, 0.25) is 0 Å². The first-order valence-electron chi connectivity index (χ1n) is 4.82. The molecule has 0 atom stereocenters. The van der Waals surface area contributed by atoms with Crippen LogP contribution in [0, 0.1) is 0 Å². The molecule has 0 bridgehead atoms. The highest BCUT2D eigenvalue weighted by atomic mass is 16.4. The summed E-state index contributed by atoms with van der Waals surface area (Å²) in [5.41, 5.74) is 1.62. The van der Waals surface area contributed by atoms with E-state index in [1.807, 2.05) is 13.8 Å². The van der Waals surface area contributed by atoms with Crippen LogP contribution in [0.4, 0.5) is 10.5 Å². The summed E-state index contributed by atoms with van der Waals surface area (Å²) in [7, 11) is 0. The van der Waals surface area contributed by atoms with E-state index in [1.54, 1.807) is 6.20 Å². The van der Waals surface area contributed by atoms with Crippen LogP contribution in [-0.2, 0) is 6.42 Å². The van der Waals surface area contributed by atoms with Gasteiger partial charge < -0.3 is 5.11 Å². The number of nitrogens with one attached hydrogen (secondary N) is 1. The van der Waals surface area contributed by atoms with Gasteiger partial charge in [-0.2, -0.15) is 5.10 Å². The minimum Gasteiger partial charge on any atom is -0.465 e. The zero-order valence-corrected chi connectivity index (χ0v) is 8.45. The Kier molecular flexibility index (Phi) is 3.50. The van der Waals surface area contributed by atoms with Crippen LogP contribution in [-0.4, -0.2) is 27.9 Å². The zero-order chi connectivity index (χ0) is 10.6. The summed E-state index contributed by atoms with van der Waals surface area (Å²) < 4.78 is 0. The van der Waals surface area contributed by atoms with Crippen molar-refractivity contribution in [2.75, 3.05) is 11.4 Å². The van der Waals surface area contributed by atoms with Gasteiger partial charge in [0.05, 0.1) is 17.6 Å². The molecule has 1 aliphatic rings. The van der Waals surface area contributed by atoms with Gasteiger partial charge in [0.1, 0.15) is 0 Å². The minimum absolute atomic E-state index is 0.571. The molecular weight excluding hydrogens is 182 g/mol. The van der Waals surface area contributed by atoms with Crippen molar-refractivity contribution in [3.63, 3.8) is 0 Å². The molecule has 2 rings (SSSR count). The molecule has 14 heavy (non-hydrogen) atoms.